The molecule has 0 aliphatic carbocycles. The SMILES string of the molecule is CCCC/C(C(=O)OC)=[C](\c1ccccc1)[Ge]([c]1ccccc1)([c]1ccccc1)[c]1ccccc1. The molecule has 4 rings (SSSR count). The molecular weight excluding hydrogens is 489 g/mol. The molecule has 0 saturated carbocycles. The van der Waals surface area contributed by atoms with Gasteiger partial charge >= 0.3 is 212 Å². The average Bonchev–Trinajstić information content (AvgIpc) is 2.94. The zero-order valence-electron chi connectivity index (χ0n) is 20.5. The second kappa shape index (κ2) is 11.9. The molecule has 2 nitrogen and oxygen atoms in total. The van der Waals surface area contributed by atoms with E-state index in [1.807, 2.05) is 6.07 Å². The molecule has 0 aromatic heterocycles. The Balaban J connectivity index is 2.25. The number of carbonyl (C=O) groups excluding carboxylic acids is 1. The number of rotatable bonds is 9. The van der Waals surface area contributed by atoms with E-state index in [0.29, 0.717) is 6.42 Å². The monoisotopic (exact) mass is 522 g/mol. The van der Waals surface area contributed by atoms with E-state index in [2.05, 4.69) is 122 Å². The summed E-state index contributed by atoms with van der Waals surface area (Å²) in [7, 11) is 1.50. The molecule has 3 heteroatoms. The predicted octanol–water partition coefficient (Wildman–Crippen LogP) is 5.51. The van der Waals surface area contributed by atoms with Crippen LogP contribution in [0.1, 0.15) is 31.7 Å². The van der Waals surface area contributed by atoms with Crippen molar-refractivity contribution in [1.82, 2.24) is 0 Å². The van der Waals surface area contributed by atoms with Crippen LogP contribution in [0, 0.1) is 0 Å². The van der Waals surface area contributed by atoms with Crippen LogP contribution in [-0.2, 0) is 9.53 Å². The van der Waals surface area contributed by atoms with Gasteiger partial charge in [-0.05, 0) is 0 Å². The molecule has 0 saturated heterocycles. The summed E-state index contributed by atoms with van der Waals surface area (Å²) < 4.78 is 10.5. The molecule has 176 valence electrons. The molecule has 0 bridgehead atoms. The van der Waals surface area contributed by atoms with E-state index in [1.165, 1.54) is 20.3 Å². The van der Waals surface area contributed by atoms with Gasteiger partial charge in [-0.3, -0.25) is 0 Å². The van der Waals surface area contributed by atoms with E-state index >= 15 is 0 Å². The van der Waals surface area contributed by atoms with Crippen LogP contribution < -0.4 is 13.2 Å². The van der Waals surface area contributed by atoms with E-state index in [0.717, 1.165) is 28.4 Å². The number of hydrogen-bond donors (Lipinski definition) is 0. The van der Waals surface area contributed by atoms with E-state index < -0.39 is 13.3 Å². The van der Waals surface area contributed by atoms with Gasteiger partial charge in [-0.25, -0.2) is 0 Å². The molecular formula is C32H32GeO2. The third kappa shape index (κ3) is 5.03. The Morgan fingerprint density at radius 3 is 1.43 bits per heavy atom. The summed E-state index contributed by atoms with van der Waals surface area (Å²) in [6, 6.07) is 42.9. The number of methoxy groups -OCH3 is 1. The van der Waals surface area contributed by atoms with Gasteiger partial charge in [0.2, 0.25) is 0 Å². The Kier molecular flexibility index (Phi) is 8.38. The summed E-state index contributed by atoms with van der Waals surface area (Å²) in [6.07, 6.45) is 2.62. The van der Waals surface area contributed by atoms with Crippen LogP contribution in [0.4, 0.5) is 0 Å². The molecule has 0 unspecified atom stereocenters. The van der Waals surface area contributed by atoms with Crippen molar-refractivity contribution >= 4 is 36.8 Å². The van der Waals surface area contributed by atoms with Gasteiger partial charge in [-0.2, -0.15) is 0 Å². The molecule has 0 amide bonds. The van der Waals surface area contributed by atoms with Gasteiger partial charge in [0.25, 0.3) is 0 Å². The molecule has 0 heterocycles. The van der Waals surface area contributed by atoms with Crippen LogP contribution in [0.15, 0.2) is 127 Å². The molecule has 0 N–H and O–H groups in total. The van der Waals surface area contributed by atoms with Gasteiger partial charge in [-0.1, -0.05) is 0 Å². The summed E-state index contributed by atoms with van der Waals surface area (Å²) in [5.41, 5.74) is 1.90. The number of unbranched alkanes of at least 4 members (excludes halogenated alkanes) is 1. The second-order valence-electron chi connectivity index (χ2n) is 8.66. The molecule has 0 atom stereocenters. The van der Waals surface area contributed by atoms with Crippen LogP contribution in [0.2, 0.25) is 0 Å². The standard InChI is InChI=1S/C32H32GeO2/c1-3-4-25-30(32(34)35-2)31(26-17-9-5-10-18-26)33(27-19-11-6-12-20-27,28-21-13-7-14-22-28)29-23-15-8-16-24-29/h5-24H,3-4,25H2,1-2H3/b31-30-. The Labute approximate surface area is 211 Å². The maximum absolute atomic E-state index is 13.5. The van der Waals surface area contributed by atoms with Gasteiger partial charge < -0.3 is 0 Å². The molecule has 35 heavy (non-hydrogen) atoms. The van der Waals surface area contributed by atoms with E-state index in [-0.39, 0.29) is 5.97 Å². The number of benzene rings is 4. The van der Waals surface area contributed by atoms with Gasteiger partial charge in [0, 0.05) is 0 Å². The third-order valence-corrected chi connectivity index (χ3v) is 16.9. The first-order valence-electron chi connectivity index (χ1n) is 12.3. The molecule has 0 aliphatic rings. The topological polar surface area (TPSA) is 26.3 Å². The summed E-state index contributed by atoms with van der Waals surface area (Å²) in [5.74, 6) is -0.227. The Morgan fingerprint density at radius 2 is 1.06 bits per heavy atom. The summed E-state index contributed by atoms with van der Waals surface area (Å²) in [6.45, 7) is 2.16. The summed E-state index contributed by atoms with van der Waals surface area (Å²) >= 11 is -3.67. The van der Waals surface area contributed by atoms with Crippen molar-refractivity contribution in [1.29, 1.82) is 0 Å². The van der Waals surface area contributed by atoms with Crippen LogP contribution in [0.3, 0.4) is 0 Å². The van der Waals surface area contributed by atoms with Gasteiger partial charge in [-0.15, -0.1) is 0 Å². The van der Waals surface area contributed by atoms with Crippen molar-refractivity contribution < 1.29 is 9.53 Å². The van der Waals surface area contributed by atoms with Crippen molar-refractivity contribution in [3.05, 3.63) is 132 Å². The van der Waals surface area contributed by atoms with Crippen molar-refractivity contribution in [3.63, 3.8) is 0 Å². The minimum absolute atomic E-state index is 0.227. The van der Waals surface area contributed by atoms with E-state index in [1.54, 1.807) is 0 Å². The molecule has 4 aromatic carbocycles. The Hall–Kier alpha value is -3.37. The summed E-state index contributed by atoms with van der Waals surface area (Å²) in [4.78, 5) is 13.5. The van der Waals surface area contributed by atoms with Crippen molar-refractivity contribution in [2.75, 3.05) is 7.11 Å². The quantitative estimate of drug-likeness (QED) is 0.165. The van der Waals surface area contributed by atoms with Crippen molar-refractivity contribution in [2.24, 2.45) is 0 Å². The van der Waals surface area contributed by atoms with Gasteiger partial charge in [0.15, 0.2) is 0 Å². The minimum atomic E-state index is -3.67. The van der Waals surface area contributed by atoms with Crippen LogP contribution in [0.25, 0.3) is 4.41 Å². The zero-order valence-corrected chi connectivity index (χ0v) is 22.6. The third-order valence-electron chi connectivity index (χ3n) is 6.57. The fraction of sp³-hybridized carbons (Fsp3) is 0.156. The zero-order chi connectivity index (χ0) is 24.5. The first-order valence-corrected chi connectivity index (χ1v) is 16.5. The van der Waals surface area contributed by atoms with Crippen LogP contribution >= 0.6 is 0 Å². The van der Waals surface area contributed by atoms with Crippen molar-refractivity contribution in [3.8, 4) is 0 Å². The fourth-order valence-electron chi connectivity index (χ4n) is 5.03. The van der Waals surface area contributed by atoms with E-state index in [4.69, 9.17) is 4.74 Å². The maximum atomic E-state index is 13.5. The second-order valence-corrected chi connectivity index (χ2v) is 16.5. The predicted molar refractivity (Wildman–Crippen MR) is 149 cm³/mol. The number of ether oxygens (including phenoxy) is 1. The molecule has 0 fully saturated rings. The Bertz CT molecular complexity index is 1150. The fourth-order valence-corrected chi connectivity index (χ4v) is 16.0. The Morgan fingerprint density at radius 1 is 0.657 bits per heavy atom. The molecule has 0 spiro atoms. The molecule has 4 aromatic rings. The number of hydrogen-bond acceptors (Lipinski definition) is 2. The first kappa shape index (κ1) is 24.7. The average molecular weight is 521 g/mol. The van der Waals surface area contributed by atoms with Gasteiger partial charge in [0.05, 0.1) is 0 Å². The number of esters is 1. The normalized spacial score (nSPS) is 12.1. The van der Waals surface area contributed by atoms with Crippen molar-refractivity contribution in [2.45, 2.75) is 26.2 Å². The van der Waals surface area contributed by atoms with E-state index in [9.17, 15) is 4.79 Å². The van der Waals surface area contributed by atoms with Crippen LogP contribution in [-0.4, -0.2) is 26.3 Å². The molecule has 0 radical (unpaired) electrons. The molecule has 0 aliphatic heterocycles. The van der Waals surface area contributed by atoms with Gasteiger partial charge in [0.1, 0.15) is 0 Å². The summed E-state index contributed by atoms with van der Waals surface area (Å²) in [5, 5.41) is 0. The first-order chi connectivity index (χ1) is 17.2. The number of carbonyl (C=O) groups is 1. The van der Waals surface area contributed by atoms with Crippen LogP contribution in [0.5, 0.6) is 0 Å².